The van der Waals surface area contributed by atoms with Crippen LogP contribution in [-0.4, -0.2) is 23.9 Å². The van der Waals surface area contributed by atoms with E-state index in [-0.39, 0.29) is 17.6 Å². The van der Waals surface area contributed by atoms with Crippen LogP contribution in [0.15, 0.2) is 24.3 Å². The molecule has 0 radical (unpaired) electrons. The molecule has 2 saturated carbocycles. The molecule has 1 aromatic carbocycles. The summed E-state index contributed by atoms with van der Waals surface area (Å²) in [6.07, 6.45) is 5.45. The summed E-state index contributed by atoms with van der Waals surface area (Å²) in [6, 6.07) is 7.79. The monoisotopic (exact) mass is 262 g/mol. The summed E-state index contributed by atoms with van der Waals surface area (Å²) in [5.41, 5.74) is 0.0403. The fraction of sp³-hybridized carbons (Fsp3) is 0.625. The molecule has 19 heavy (non-hydrogen) atoms. The van der Waals surface area contributed by atoms with Crippen molar-refractivity contribution in [3.63, 3.8) is 0 Å². The third kappa shape index (κ3) is 2.20. The van der Waals surface area contributed by atoms with Crippen LogP contribution in [-0.2, 0) is 0 Å². The molecule has 0 saturated heterocycles. The van der Waals surface area contributed by atoms with Crippen molar-refractivity contribution in [2.24, 2.45) is 5.41 Å². The standard InChI is InChI=1S/C16H22O3/c1-2-18-12-5-7-13(8-6-12)19-15-11-14(17)16(15)9-3-4-10-16/h5-8,14-15,17H,2-4,9-11H2,1H3. The van der Waals surface area contributed by atoms with Crippen molar-refractivity contribution in [2.75, 3.05) is 6.61 Å². The predicted octanol–water partition coefficient (Wildman–Crippen LogP) is 3.16. The summed E-state index contributed by atoms with van der Waals surface area (Å²) in [4.78, 5) is 0. The first-order valence-corrected chi connectivity index (χ1v) is 7.32. The zero-order chi connectivity index (χ0) is 13.3. The quantitative estimate of drug-likeness (QED) is 0.906. The zero-order valence-electron chi connectivity index (χ0n) is 11.5. The largest absolute Gasteiger partial charge is 0.494 e. The van der Waals surface area contributed by atoms with Crippen LogP contribution in [0.4, 0.5) is 0 Å². The normalized spacial score (nSPS) is 28.1. The van der Waals surface area contributed by atoms with E-state index in [1.54, 1.807) is 0 Å². The Morgan fingerprint density at radius 1 is 1.16 bits per heavy atom. The van der Waals surface area contributed by atoms with Crippen LogP contribution >= 0.6 is 0 Å². The topological polar surface area (TPSA) is 38.7 Å². The van der Waals surface area contributed by atoms with Gasteiger partial charge in [-0.2, -0.15) is 0 Å². The molecule has 1 spiro atoms. The lowest BCUT2D eigenvalue weighted by Crippen LogP contribution is -2.58. The lowest BCUT2D eigenvalue weighted by Gasteiger charge is -2.51. The maximum atomic E-state index is 10.1. The molecule has 3 nitrogen and oxygen atoms in total. The van der Waals surface area contributed by atoms with Crippen LogP contribution in [0, 0.1) is 5.41 Å². The van der Waals surface area contributed by atoms with Gasteiger partial charge in [0.05, 0.1) is 12.7 Å². The van der Waals surface area contributed by atoms with E-state index < -0.39 is 0 Å². The SMILES string of the molecule is CCOc1ccc(OC2CC(O)C23CCCC3)cc1. The van der Waals surface area contributed by atoms with Crippen LogP contribution in [0.5, 0.6) is 11.5 Å². The molecule has 2 aliphatic carbocycles. The molecule has 3 rings (SSSR count). The van der Waals surface area contributed by atoms with Crippen molar-refractivity contribution in [1.82, 2.24) is 0 Å². The highest BCUT2D eigenvalue weighted by Crippen LogP contribution is 2.54. The highest BCUT2D eigenvalue weighted by atomic mass is 16.5. The number of hydrogen-bond acceptors (Lipinski definition) is 3. The molecule has 2 aliphatic rings. The first-order valence-electron chi connectivity index (χ1n) is 7.32. The van der Waals surface area contributed by atoms with Crippen molar-refractivity contribution >= 4 is 0 Å². The van der Waals surface area contributed by atoms with Crippen molar-refractivity contribution in [3.05, 3.63) is 24.3 Å². The van der Waals surface area contributed by atoms with Gasteiger partial charge >= 0.3 is 0 Å². The molecule has 0 amide bonds. The molecular formula is C16H22O3. The van der Waals surface area contributed by atoms with Gasteiger partial charge in [0.1, 0.15) is 17.6 Å². The molecule has 1 aromatic rings. The zero-order valence-corrected chi connectivity index (χ0v) is 11.5. The number of aliphatic hydroxyl groups excluding tert-OH is 1. The second-order valence-corrected chi connectivity index (χ2v) is 5.70. The Kier molecular flexibility index (Phi) is 3.40. The van der Waals surface area contributed by atoms with E-state index >= 15 is 0 Å². The molecule has 2 atom stereocenters. The number of benzene rings is 1. The van der Waals surface area contributed by atoms with Gasteiger partial charge in [-0.05, 0) is 44.0 Å². The van der Waals surface area contributed by atoms with Crippen LogP contribution in [0.25, 0.3) is 0 Å². The third-order valence-electron chi connectivity index (χ3n) is 4.69. The summed E-state index contributed by atoms with van der Waals surface area (Å²) in [5, 5.41) is 10.1. The van der Waals surface area contributed by atoms with Crippen molar-refractivity contribution < 1.29 is 14.6 Å². The second-order valence-electron chi connectivity index (χ2n) is 5.70. The Labute approximate surface area is 114 Å². The van der Waals surface area contributed by atoms with Crippen LogP contribution in [0.3, 0.4) is 0 Å². The summed E-state index contributed by atoms with van der Waals surface area (Å²) in [6.45, 7) is 2.65. The lowest BCUT2D eigenvalue weighted by molar-refractivity contribution is -0.151. The fourth-order valence-electron chi connectivity index (χ4n) is 3.53. The number of hydrogen-bond donors (Lipinski definition) is 1. The van der Waals surface area contributed by atoms with E-state index in [9.17, 15) is 5.11 Å². The molecule has 2 unspecified atom stereocenters. The lowest BCUT2D eigenvalue weighted by atomic mass is 9.62. The van der Waals surface area contributed by atoms with Crippen molar-refractivity contribution in [3.8, 4) is 11.5 Å². The maximum absolute atomic E-state index is 10.1. The smallest absolute Gasteiger partial charge is 0.120 e. The number of ether oxygens (including phenoxy) is 2. The maximum Gasteiger partial charge on any atom is 0.120 e. The average molecular weight is 262 g/mol. The molecular weight excluding hydrogens is 240 g/mol. The Balaban J connectivity index is 1.65. The highest BCUT2D eigenvalue weighted by molar-refractivity contribution is 5.32. The molecule has 3 heteroatoms. The first-order chi connectivity index (χ1) is 9.24. The molecule has 0 aliphatic heterocycles. The van der Waals surface area contributed by atoms with Gasteiger partial charge in [-0.25, -0.2) is 0 Å². The number of rotatable bonds is 4. The van der Waals surface area contributed by atoms with E-state index in [0.29, 0.717) is 6.61 Å². The molecule has 1 N–H and O–H groups in total. The van der Waals surface area contributed by atoms with Gasteiger partial charge in [-0.3, -0.25) is 0 Å². The molecule has 0 bridgehead atoms. The Bertz CT molecular complexity index is 420. The molecule has 104 valence electrons. The summed E-state index contributed by atoms with van der Waals surface area (Å²) >= 11 is 0. The average Bonchev–Trinajstić information content (AvgIpc) is 2.93. The van der Waals surface area contributed by atoms with E-state index in [2.05, 4.69) is 0 Å². The van der Waals surface area contributed by atoms with Gasteiger partial charge in [0.15, 0.2) is 0 Å². The Morgan fingerprint density at radius 3 is 2.37 bits per heavy atom. The van der Waals surface area contributed by atoms with Crippen molar-refractivity contribution in [2.45, 2.75) is 51.2 Å². The van der Waals surface area contributed by atoms with Crippen LogP contribution in [0.2, 0.25) is 0 Å². The molecule has 0 aromatic heterocycles. The Morgan fingerprint density at radius 2 is 1.79 bits per heavy atom. The van der Waals surface area contributed by atoms with Gasteiger partial charge in [-0.1, -0.05) is 12.8 Å². The van der Waals surface area contributed by atoms with Gasteiger partial charge in [0, 0.05) is 11.8 Å². The summed E-state index contributed by atoms with van der Waals surface area (Å²) < 4.78 is 11.5. The van der Waals surface area contributed by atoms with Gasteiger partial charge in [-0.15, -0.1) is 0 Å². The minimum atomic E-state index is -0.164. The molecule has 0 heterocycles. The van der Waals surface area contributed by atoms with Crippen molar-refractivity contribution in [1.29, 1.82) is 0 Å². The third-order valence-corrected chi connectivity index (χ3v) is 4.69. The Hall–Kier alpha value is -1.22. The summed E-state index contributed by atoms with van der Waals surface area (Å²) in [7, 11) is 0. The van der Waals surface area contributed by atoms with Gasteiger partial charge in [0.25, 0.3) is 0 Å². The first kappa shape index (κ1) is 12.8. The highest BCUT2D eigenvalue weighted by Gasteiger charge is 2.57. The summed E-state index contributed by atoms with van der Waals surface area (Å²) in [5.74, 6) is 1.76. The van der Waals surface area contributed by atoms with E-state index in [1.165, 1.54) is 12.8 Å². The van der Waals surface area contributed by atoms with Crippen LogP contribution < -0.4 is 9.47 Å². The van der Waals surface area contributed by atoms with E-state index in [0.717, 1.165) is 30.8 Å². The van der Waals surface area contributed by atoms with E-state index in [1.807, 2.05) is 31.2 Å². The minimum absolute atomic E-state index is 0.0403. The fourth-order valence-corrected chi connectivity index (χ4v) is 3.53. The van der Waals surface area contributed by atoms with Gasteiger partial charge < -0.3 is 14.6 Å². The molecule has 2 fully saturated rings. The predicted molar refractivity (Wildman–Crippen MR) is 73.6 cm³/mol. The number of aliphatic hydroxyl groups is 1. The second kappa shape index (κ2) is 5.04. The van der Waals surface area contributed by atoms with E-state index in [4.69, 9.17) is 9.47 Å². The van der Waals surface area contributed by atoms with Crippen LogP contribution in [0.1, 0.15) is 39.0 Å². The van der Waals surface area contributed by atoms with Gasteiger partial charge in [0.2, 0.25) is 0 Å². The minimum Gasteiger partial charge on any atom is -0.494 e.